The quantitative estimate of drug-likeness (QED) is 0.160. The fourth-order valence-corrected chi connectivity index (χ4v) is 0.771. The molecule has 0 fully saturated rings. The third kappa shape index (κ3) is 6.19. The second-order valence-electron chi connectivity index (χ2n) is 2.76. The molecule has 0 amide bonds. The maximum absolute atomic E-state index is 11.5. The number of hydrogen-bond donors (Lipinski definition) is 0. The summed E-state index contributed by atoms with van der Waals surface area (Å²) in [6.45, 7) is 8.85. The second-order valence-corrected chi connectivity index (χ2v) is 2.76. The first-order chi connectivity index (χ1) is 8.17. The Morgan fingerprint density at radius 3 is 1.88 bits per heavy atom. The molecule has 0 aliphatic heterocycles. The van der Waals surface area contributed by atoms with E-state index in [1.165, 1.54) is 12.2 Å². The molecule has 5 nitrogen and oxygen atoms in total. The largest absolute Gasteiger partial charge is 0.500 e. The SMILES string of the molecule is C=CCOC(=O)C(=COCC)C(=O)OCC=C. The molecule has 0 heterocycles. The van der Waals surface area contributed by atoms with Crippen molar-refractivity contribution in [1.29, 1.82) is 0 Å². The highest BCUT2D eigenvalue weighted by atomic mass is 16.6. The number of ether oxygens (including phenoxy) is 3. The van der Waals surface area contributed by atoms with E-state index in [1.807, 2.05) is 0 Å². The minimum Gasteiger partial charge on any atom is -0.500 e. The summed E-state index contributed by atoms with van der Waals surface area (Å²) in [5, 5.41) is 0. The van der Waals surface area contributed by atoms with E-state index in [2.05, 4.69) is 13.2 Å². The molecule has 0 aromatic heterocycles. The Kier molecular flexibility index (Phi) is 8.10. The number of rotatable bonds is 8. The van der Waals surface area contributed by atoms with E-state index in [9.17, 15) is 9.59 Å². The minimum atomic E-state index is -0.813. The first kappa shape index (κ1) is 15.0. The average molecular weight is 240 g/mol. The Labute approximate surface area is 100 Å². The van der Waals surface area contributed by atoms with Crippen LogP contribution >= 0.6 is 0 Å². The second kappa shape index (κ2) is 9.21. The van der Waals surface area contributed by atoms with Crippen LogP contribution in [0, 0.1) is 0 Å². The van der Waals surface area contributed by atoms with Crippen molar-refractivity contribution in [2.75, 3.05) is 19.8 Å². The predicted molar refractivity (Wildman–Crippen MR) is 62.0 cm³/mol. The number of hydrogen-bond acceptors (Lipinski definition) is 5. The van der Waals surface area contributed by atoms with Gasteiger partial charge in [0.25, 0.3) is 0 Å². The molecule has 0 radical (unpaired) electrons. The van der Waals surface area contributed by atoms with Crippen LogP contribution < -0.4 is 0 Å². The van der Waals surface area contributed by atoms with E-state index < -0.39 is 11.9 Å². The third-order valence-electron chi connectivity index (χ3n) is 1.47. The molecule has 0 N–H and O–H groups in total. The molecular formula is C12H16O5. The predicted octanol–water partition coefficient (Wildman–Crippen LogP) is 1.37. The van der Waals surface area contributed by atoms with Crippen molar-refractivity contribution in [3.8, 4) is 0 Å². The monoisotopic (exact) mass is 240 g/mol. The van der Waals surface area contributed by atoms with Crippen LogP contribution in [0.3, 0.4) is 0 Å². The van der Waals surface area contributed by atoms with E-state index in [4.69, 9.17) is 14.2 Å². The van der Waals surface area contributed by atoms with Crippen molar-refractivity contribution in [2.45, 2.75) is 6.92 Å². The fraction of sp³-hybridized carbons (Fsp3) is 0.333. The molecule has 0 saturated carbocycles. The molecule has 0 atom stereocenters. The van der Waals surface area contributed by atoms with Crippen LogP contribution in [0.4, 0.5) is 0 Å². The van der Waals surface area contributed by atoms with Gasteiger partial charge in [-0.15, -0.1) is 0 Å². The zero-order chi connectivity index (χ0) is 13.1. The Balaban J connectivity index is 4.62. The Hall–Kier alpha value is -2.04. The number of carbonyl (C=O) groups is 2. The number of carbonyl (C=O) groups excluding carboxylic acids is 2. The minimum absolute atomic E-state index is 0.0109. The molecular weight excluding hydrogens is 224 g/mol. The maximum Gasteiger partial charge on any atom is 0.349 e. The molecule has 0 unspecified atom stereocenters. The molecule has 5 heteroatoms. The van der Waals surface area contributed by atoms with Crippen molar-refractivity contribution < 1.29 is 23.8 Å². The van der Waals surface area contributed by atoms with Crippen molar-refractivity contribution in [2.24, 2.45) is 0 Å². The highest BCUT2D eigenvalue weighted by Crippen LogP contribution is 2.03. The first-order valence-corrected chi connectivity index (χ1v) is 5.05. The highest BCUT2D eigenvalue weighted by molar-refractivity contribution is 6.13. The Morgan fingerprint density at radius 2 is 1.53 bits per heavy atom. The zero-order valence-corrected chi connectivity index (χ0v) is 9.81. The number of esters is 2. The summed E-state index contributed by atoms with van der Waals surface area (Å²) in [5.74, 6) is -1.63. The van der Waals surface area contributed by atoms with Crippen LogP contribution in [-0.2, 0) is 23.8 Å². The summed E-state index contributed by atoms with van der Waals surface area (Å²) in [4.78, 5) is 22.9. The van der Waals surface area contributed by atoms with E-state index >= 15 is 0 Å². The highest BCUT2D eigenvalue weighted by Gasteiger charge is 2.21. The van der Waals surface area contributed by atoms with Crippen molar-refractivity contribution in [3.05, 3.63) is 37.1 Å². The topological polar surface area (TPSA) is 61.8 Å². The van der Waals surface area contributed by atoms with Gasteiger partial charge >= 0.3 is 11.9 Å². The van der Waals surface area contributed by atoms with Gasteiger partial charge in [0.1, 0.15) is 19.5 Å². The van der Waals surface area contributed by atoms with Gasteiger partial charge < -0.3 is 14.2 Å². The van der Waals surface area contributed by atoms with Crippen LogP contribution in [0.15, 0.2) is 37.1 Å². The van der Waals surface area contributed by atoms with Crippen molar-refractivity contribution in [3.63, 3.8) is 0 Å². The molecule has 0 aliphatic carbocycles. The summed E-state index contributed by atoms with van der Waals surface area (Å²) >= 11 is 0. The van der Waals surface area contributed by atoms with Gasteiger partial charge in [-0.1, -0.05) is 25.3 Å². The molecule has 0 bridgehead atoms. The first-order valence-electron chi connectivity index (χ1n) is 5.05. The lowest BCUT2D eigenvalue weighted by atomic mass is 10.3. The summed E-state index contributed by atoms with van der Waals surface area (Å²) in [6, 6.07) is 0. The summed E-state index contributed by atoms with van der Waals surface area (Å²) < 4.78 is 14.3. The van der Waals surface area contributed by atoms with E-state index in [0.29, 0.717) is 6.61 Å². The average Bonchev–Trinajstić information content (AvgIpc) is 2.34. The van der Waals surface area contributed by atoms with Crippen molar-refractivity contribution >= 4 is 11.9 Å². The van der Waals surface area contributed by atoms with Gasteiger partial charge in [0.15, 0.2) is 5.57 Å². The molecule has 0 aromatic rings. The molecule has 17 heavy (non-hydrogen) atoms. The normalized spacial score (nSPS) is 8.76. The summed E-state index contributed by atoms with van der Waals surface area (Å²) in [6.07, 6.45) is 3.81. The van der Waals surface area contributed by atoms with Gasteiger partial charge in [-0.25, -0.2) is 9.59 Å². The van der Waals surface area contributed by atoms with Gasteiger partial charge in [-0.05, 0) is 6.92 Å². The van der Waals surface area contributed by atoms with Gasteiger partial charge in [-0.3, -0.25) is 0 Å². The third-order valence-corrected chi connectivity index (χ3v) is 1.47. The molecule has 94 valence electrons. The molecule has 0 rings (SSSR count). The molecule has 0 aromatic carbocycles. The zero-order valence-electron chi connectivity index (χ0n) is 9.81. The van der Waals surface area contributed by atoms with Crippen LogP contribution in [0.2, 0.25) is 0 Å². The molecule has 0 spiro atoms. The van der Waals surface area contributed by atoms with E-state index in [0.717, 1.165) is 6.26 Å². The summed E-state index contributed by atoms with van der Waals surface area (Å²) in [5.41, 5.74) is -0.296. The van der Waals surface area contributed by atoms with Gasteiger partial charge in [0.2, 0.25) is 0 Å². The van der Waals surface area contributed by atoms with Gasteiger partial charge in [0.05, 0.1) is 6.61 Å². The smallest absolute Gasteiger partial charge is 0.349 e. The molecule has 0 saturated heterocycles. The van der Waals surface area contributed by atoms with Gasteiger partial charge in [-0.2, -0.15) is 0 Å². The van der Waals surface area contributed by atoms with Crippen LogP contribution in [0.5, 0.6) is 0 Å². The van der Waals surface area contributed by atoms with Crippen LogP contribution in [-0.4, -0.2) is 31.8 Å². The lowest BCUT2D eigenvalue weighted by Gasteiger charge is -2.06. The van der Waals surface area contributed by atoms with Gasteiger partial charge in [0, 0.05) is 0 Å². The van der Waals surface area contributed by atoms with Crippen LogP contribution in [0.1, 0.15) is 6.92 Å². The fourth-order valence-electron chi connectivity index (χ4n) is 0.771. The Bertz CT molecular complexity index is 291. The van der Waals surface area contributed by atoms with E-state index in [1.54, 1.807) is 6.92 Å². The lowest BCUT2D eigenvalue weighted by Crippen LogP contribution is -2.19. The Morgan fingerprint density at radius 1 is 1.06 bits per heavy atom. The molecule has 0 aliphatic rings. The summed E-state index contributed by atoms with van der Waals surface area (Å²) in [7, 11) is 0. The van der Waals surface area contributed by atoms with Crippen LogP contribution in [0.25, 0.3) is 0 Å². The standard InChI is InChI=1S/C12H16O5/c1-4-7-16-11(13)10(9-15-6-3)12(14)17-8-5-2/h4-5,9H,1-2,6-8H2,3H3. The lowest BCUT2D eigenvalue weighted by molar-refractivity contribution is -0.146. The maximum atomic E-state index is 11.5. The van der Waals surface area contributed by atoms with Crippen molar-refractivity contribution in [1.82, 2.24) is 0 Å². The van der Waals surface area contributed by atoms with E-state index in [-0.39, 0.29) is 18.8 Å².